The van der Waals surface area contributed by atoms with Gasteiger partial charge in [0.1, 0.15) is 0 Å². The van der Waals surface area contributed by atoms with Crippen molar-refractivity contribution in [1.82, 2.24) is 0 Å². The second kappa shape index (κ2) is 5.06. The third-order valence-electron chi connectivity index (χ3n) is 1.18. The molecule has 0 saturated heterocycles. The van der Waals surface area contributed by atoms with Crippen LogP contribution in [0.25, 0.3) is 0 Å². The van der Waals surface area contributed by atoms with Crippen LogP contribution in [-0.4, -0.2) is 24.0 Å². The molecular formula is C6H13NO4. The molecule has 0 radical (unpaired) electrons. The molecule has 0 rings (SSSR count). The normalized spacial score (nSPS) is 15.6. The lowest BCUT2D eigenvalue weighted by Crippen LogP contribution is -2.28. The second-order valence-corrected chi connectivity index (χ2v) is 2.31. The van der Waals surface area contributed by atoms with Gasteiger partial charge in [0.25, 0.3) is 0 Å². The molecule has 0 amide bonds. The van der Waals surface area contributed by atoms with Crippen LogP contribution in [0.4, 0.5) is 0 Å². The Morgan fingerprint density at radius 1 is 1.73 bits per heavy atom. The predicted octanol–water partition coefficient (Wildman–Crippen LogP) is -0.606. The molecule has 5 heteroatoms. The van der Waals surface area contributed by atoms with Gasteiger partial charge >= 0.3 is 5.97 Å². The third-order valence-corrected chi connectivity index (χ3v) is 1.18. The minimum Gasteiger partial charge on any atom is -0.465 e. The smallest absolute Gasteiger partial charge is 0.302 e. The summed E-state index contributed by atoms with van der Waals surface area (Å²) < 4.78 is 4.59. The van der Waals surface area contributed by atoms with E-state index in [-0.39, 0.29) is 18.5 Å². The fourth-order valence-electron chi connectivity index (χ4n) is 0.465. The van der Waals surface area contributed by atoms with Crippen LogP contribution in [0.2, 0.25) is 0 Å². The number of hydrogen-bond donors (Lipinski definition) is 2. The standard InChI is InChI=1S/C6H13NO4/c1-4(6(9)11-7)3-10-5(2)8/h4,6,9H,3,7H2,1-2H3. The Bertz CT molecular complexity index is 128. The molecule has 0 aliphatic rings. The lowest BCUT2D eigenvalue weighted by Gasteiger charge is -2.15. The van der Waals surface area contributed by atoms with E-state index in [0.717, 1.165) is 0 Å². The number of carbonyl (C=O) groups excluding carboxylic acids is 1. The Labute approximate surface area is 65.0 Å². The van der Waals surface area contributed by atoms with Crippen LogP contribution >= 0.6 is 0 Å². The highest BCUT2D eigenvalue weighted by atomic mass is 16.7. The molecule has 0 aromatic carbocycles. The van der Waals surface area contributed by atoms with E-state index in [1.54, 1.807) is 6.92 Å². The number of aliphatic hydroxyl groups excluding tert-OH is 1. The largest absolute Gasteiger partial charge is 0.465 e. The van der Waals surface area contributed by atoms with Gasteiger partial charge in [0.2, 0.25) is 0 Å². The summed E-state index contributed by atoms with van der Waals surface area (Å²) in [5.41, 5.74) is 0. The van der Waals surface area contributed by atoms with E-state index in [2.05, 4.69) is 15.5 Å². The molecule has 0 aliphatic carbocycles. The first-order chi connectivity index (χ1) is 5.07. The van der Waals surface area contributed by atoms with Gasteiger partial charge in [0.15, 0.2) is 6.29 Å². The van der Waals surface area contributed by atoms with Crippen molar-refractivity contribution in [2.75, 3.05) is 6.61 Å². The van der Waals surface area contributed by atoms with Crippen molar-refractivity contribution in [3.63, 3.8) is 0 Å². The van der Waals surface area contributed by atoms with Crippen LogP contribution < -0.4 is 5.90 Å². The number of carbonyl (C=O) groups is 1. The topological polar surface area (TPSA) is 81.8 Å². The third kappa shape index (κ3) is 4.72. The van der Waals surface area contributed by atoms with E-state index in [1.807, 2.05) is 0 Å². The van der Waals surface area contributed by atoms with Gasteiger partial charge in [0, 0.05) is 12.8 Å². The summed E-state index contributed by atoms with van der Waals surface area (Å²) in [6, 6.07) is 0. The summed E-state index contributed by atoms with van der Waals surface area (Å²) in [6.45, 7) is 3.05. The molecule has 5 nitrogen and oxygen atoms in total. The average Bonchev–Trinajstić information content (AvgIpc) is 1.98. The fourth-order valence-corrected chi connectivity index (χ4v) is 0.465. The maximum absolute atomic E-state index is 10.3. The Morgan fingerprint density at radius 2 is 2.27 bits per heavy atom. The number of nitrogens with two attached hydrogens (primary N) is 1. The fraction of sp³-hybridized carbons (Fsp3) is 0.833. The van der Waals surface area contributed by atoms with Gasteiger partial charge in [-0.25, -0.2) is 5.90 Å². The number of esters is 1. The molecule has 3 N–H and O–H groups in total. The Kier molecular flexibility index (Phi) is 4.76. The van der Waals surface area contributed by atoms with E-state index >= 15 is 0 Å². The highest BCUT2D eigenvalue weighted by molar-refractivity contribution is 5.65. The van der Waals surface area contributed by atoms with E-state index in [9.17, 15) is 4.79 Å². The van der Waals surface area contributed by atoms with Gasteiger partial charge in [-0.3, -0.25) is 9.63 Å². The lowest BCUT2D eigenvalue weighted by molar-refractivity contribution is -0.159. The summed E-state index contributed by atoms with van der Waals surface area (Å²) >= 11 is 0. The molecule has 11 heavy (non-hydrogen) atoms. The first-order valence-corrected chi connectivity index (χ1v) is 3.25. The van der Waals surface area contributed by atoms with Crippen LogP contribution in [0.5, 0.6) is 0 Å². The first kappa shape index (κ1) is 10.3. The molecule has 0 saturated carbocycles. The minimum atomic E-state index is -1.09. The van der Waals surface area contributed by atoms with Gasteiger partial charge in [-0.15, -0.1) is 0 Å². The molecule has 0 aliphatic heterocycles. The summed E-state index contributed by atoms with van der Waals surface area (Å²) in [6.07, 6.45) is -1.09. The molecule has 0 aromatic heterocycles. The molecule has 0 heterocycles. The molecule has 2 atom stereocenters. The zero-order valence-electron chi connectivity index (χ0n) is 6.61. The molecular weight excluding hydrogens is 150 g/mol. The summed E-state index contributed by atoms with van der Waals surface area (Å²) in [5, 5.41) is 8.90. The maximum Gasteiger partial charge on any atom is 0.302 e. The Morgan fingerprint density at radius 3 is 2.64 bits per heavy atom. The van der Waals surface area contributed by atoms with Gasteiger partial charge in [0.05, 0.1) is 6.61 Å². The van der Waals surface area contributed by atoms with Crippen molar-refractivity contribution in [2.45, 2.75) is 20.1 Å². The second-order valence-electron chi connectivity index (χ2n) is 2.31. The molecule has 0 aromatic rings. The van der Waals surface area contributed by atoms with E-state index in [1.165, 1.54) is 6.92 Å². The molecule has 66 valence electrons. The highest BCUT2D eigenvalue weighted by Crippen LogP contribution is 2.02. The maximum atomic E-state index is 10.3. The molecule has 0 fully saturated rings. The molecule has 0 bridgehead atoms. The Hall–Kier alpha value is -0.650. The predicted molar refractivity (Wildman–Crippen MR) is 37.1 cm³/mol. The quantitative estimate of drug-likeness (QED) is 0.328. The van der Waals surface area contributed by atoms with Gasteiger partial charge in [-0.1, -0.05) is 6.92 Å². The number of rotatable bonds is 4. The zero-order chi connectivity index (χ0) is 8.85. The van der Waals surface area contributed by atoms with Crippen molar-refractivity contribution >= 4 is 5.97 Å². The summed E-state index contributed by atoms with van der Waals surface area (Å²) in [5.74, 6) is 3.99. The van der Waals surface area contributed by atoms with Crippen LogP contribution in [0.15, 0.2) is 0 Å². The number of aliphatic hydroxyl groups is 1. The van der Waals surface area contributed by atoms with Crippen molar-refractivity contribution < 1.29 is 19.5 Å². The molecule has 2 unspecified atom stereocenters. The monoisotopic (exact) mass is 163 g/mol. The first-order valence-electron chi connectivity index (χ1n) is 3.25. The average molecular weight is 163 g/mol. The van der Waals surface area contributed by atoms with E-state index in [0.29, 0.717) is 0 Å². The summed E-state index contributed by atoms with van der Waals surface area (Å²) in [7, 11) is 0. The molecule has 0 spiro atoms. The van der Waals surface area contributed by atoms with Crippen molar-refractivity contribution in [2.24, 2.45) is 11.8 Å². The number of ether oxygens (including phenoxy) is 1. The highest BCUT2D eigenvalue weighted by Gasteiger charge is 2.14. The van der Waals surface area contributed by atoms with Gasteiger partial charge in [-0.05, 0) is 0 Å². The van der Waals surface area contributed by atoms with Gasteiger partial charge < -0.3 is 9.84 Å². The van der Waals surface area contributed by atoms with Gasteiger partial charge in [-0.2, -0.15) is 0 Å². The SMILES string of the molecule is CC(=O)OCC(C)C(O)ON. The van der Waals surface area contributed by atoms with Crippen LogP contribution in [0, 0.1) is 5.92 Å². The Balaban J connectivity index is 3.51. The van der Waals surface area contributed by atoms with E-state index < -0.39 is 6.29 Å². The van der Waals surface area contributed by atoms with Crippen molar-refractivity contribution in [3.8, 4) is 0 Å². The summed E-state index contributed by atoms with van der Waals surface area (Å²) in [4.78, 5) is 14.4. The zero-order valence-corrected chi connectivity index (χ0v) is 6.61. The number of hydrogen-bond acceptors (Lipinski definition) is 5. The van der Waals surface area contributed by atoms with Crippen LogP contribution in [0.3, 0.4) is 0 Å². The van der Waals surface area contributed by atoms with Crippen molar-refractivity contribution in [3.05, 3.63) is 0 Å². The lowest BCUT2D eigenvalue weighted by atomic mass is 10.2. The van der Waals surface area contributed by atoms with E-state index in [4.69, 9.17) is 5.11 Å². The minimum absolute atomic E-state index is 0.105. The van der Waals surface area contributed by atoms with Crippen molar-refractivity contribution in [1.29, 1.82) is 0 Å². The van der Waals surface area contributed by atoms with Crippen LogP contribution in [0.1, 0.15) is 13.8 Å². The van der Waals surface area contributed by atoms with Crippen LogP contribution in [-0.2, 0) is 14.4 Å².